The number of fused-ring (bicyclic) bond motifs is 1. The number of rotatable bonds is 10. The van der Waals surface area contributed by atoms with Crippen LogP contribution >= 0.6 is 34.3 Å². The maximum absolute atomic E-state index is 12.9. The van der Waals surface area contributed by atoms with E-state index in [0.717, 1.165) is 29.6 Å². The third-order valence-corrected chi connectivity index (χ3v) is 14.7. The molecule has 0 unspecified atom stereocenters. The number of benzene rings is 3. The van der Waals surface area contributed by atoms with Crippen molar-refractivity contribution >= 4 is 81.4 Å². The number of aromatic nitrogens is 3. The van der Waals surface area contributed by atoms with Crippen molar-refractivity contribution in [2.75, 3.05) is 35.6 Å². The molecule has 2 aliphatic heterocycles. The van der Waals surface area contributed by atoms with Crippen LogP contribution in [0.2, 0.25) is 5.02 Å². The van der Waals surface area contributed by atoms with Gasteiger partial charge in [-0.1, -0.05) is 41.9 Å². The Hall–Kier alpha value is -4.40. The summed E-state index contributed by atoms with van der Waals surface area (Å²) in [6.07, 6.45) is 6.90. The van der Waals surface area contributed by atoms with Crippen molar-refractivity contribution in [3.63, 3.8) is 0 Å². The van der Waals surface area contributed by atoms with E-state index in [1.54, 1.807) is 39.9 Å². The van der Waals surface area contributed by atoms with Gasteiger partial charge in [0, 0.05) is 53.0 Å². The van der Waals surface area contributed by atoms with Gasteiger partial charge in [-0.2, -0.15) is 0 Å². The number of anilines is 2. The van der Waals surface area contributed by atoms with Crippen LogP contribution in [0.15, 0.2) is 112 Å². The number of piperidine rings is 2. The van der Waals surface area contributed by atoms with Gasteiger partial charge in [-0.15, -0.1) is 22.7 Å². The first-order valence-electron chi connectivity index (χ1n) is 18.0. The van der Waals surface area contributed by atoms with E-state index in [1.165, 1.54) is 59.3 Å². The number of aliphatic hydroxyl groups is 2. The first kappa shape index (κ1) is 40.8. The van der Waals surface area contributed by atoms with Gasteiger partial charge in [0.25, 0.3) is 20.0 Å². The maximum atomic E-state index is 12.9. The zero-order chi connectivity index (χ0) is 40.3. The molecule has 300 valence electrons. The van der Waals surface area contributed by atoms with Gasteiger partial charge < -0.3 is 25.0 Å². The largest absolute Gasteiger partial charge is 0.385 e. The molecule has 14 nitrogen and oxygen atoms in total. The van der Waals surface area contributed by atoms with E-state index in [0.29, 0.717) is 59.6 Å². The minimum atomic E-state index is -3.76. The van der Waals surface area contributed by atoms with Crippen LogP contribution in [0.4, 0.5) is 10.3 Å². The van der Waals surface area contributed by atoms with Crippen LogP contribution in [-0.2, 0) is 42.6 Å². The standard InChI is InChI=1S/C24H23ClN4O4S2.C14H17N3O3S2/c25-19-4-1-17-7-11-29(21(17)15-19)16-22(30)28-12-8-24(31,9-13-28)18-2-5-20(6-3-18)35(32,33)27-23-26-10-14-34-23;18-14(5-7-15-8-6-14)11-1-3-12(4-2-11)22(19,20)17-13-16-9-10-21-13/h1-7,10-11,14-15,31H,8-9,12-13,16H2,(H,26,27);1-4,9-10,15,18H,5-8H2,(H,16,17). The number of carbonyl (C=O) groups excluding carboxylic acids is 1. The summed E-state index contributed by atoms with van der Waals surface area (Å²) in [7, 11) is -7.41. The quantitative estimate of drug-likeness (QED) is 0.116. The van der Waals surface area contributed by atoms with Crippen LogP contribution in [0.1, 0.15) is 36.8 Å². The van der Waals surface area contributed by atoms with Gasteiger partial charge in [0.15, 0.2) is 10.3 Å². The van der Waals surface area contributed by atoms with E-state index < -0.39 is 31.2 Å². The van der Waals surface area contributed by atoms with Crippen molar-refractivity contribution < 1.29 is 31.8 Å². The van der Waals surface area contributed by atoms with Crippen LogP contribution in [0, 0.1) is 0 Å². The first-order chi connectivity index (χ1) is 27.2. The van der Waals surface area contributed by atoms with Crippen molar-refractivity contribution in [3.8, 4) is 0 Å². The SMILES string of the molecule is O=C(Cn1ccc2ccc(Cl)cc21)N1CCC(O)(c2ccc(S(=O)(=O)Nc3nccs3)cc2)CC1.O=S(=O)(Nc1nccs1)c1ccc(C2(O)CCNCC2)cc1. The maximum Gasteiger partial charge on any atom is 0.263 e. The average molecular weight is 871 g/mol. The lowest BCUT2D eigenvalue weighted by atomic mass is 9.84. The van der Waals surface area contributed by atoms with Crippen LogP contribution < -0.4 is 14.8 Å². The Morgan fingerprint density at radius 1 is 0.754 bits per heavy atom. The van der Waals surface area contributed by atoms with Crippen LogP contribution in [0.25, 0.3) is 10.9 Å². The number of sulfonamides is 2. The highest BCUT2D eigenvalue weighted by molar-refractivity contribution is 7.93. The van der Waals surface area contributed by atoms with Crippen molar-refractivity contribution in [3.05, 3.63) is 118 Å². The van der Waals surface area contributed by atoms with E-state index in [4.69, 9.17) is 11.6 Å². The normalized spacial score (nSPS) is 16.7. The van der Waals surface area contributed by atoms with Gasteiger partial charge in [0.1, 0.15) is 6.54 Å². The van der Waals surface area contributed by atoms with Crippen LogP contribution in [0.3, 0.4) is 0 Å². The molecule has 8 rings (SSSR count). The number of amides is 1. The summed E-state index contributed by atoms with van der Waals surface area (Å²) in [6.45, 7) is 2.51. The Balaban J connectivity index is 0.000000194. The second-order valence-corrected chi connectivity index (χ2v) is 19.4. The number of hydrogen-bond acceptors (Lipinski definition) is 12. The lowest BCUT2D eigenvalue weighted by Crippen LogP contribution is -2.46. The van der Waals surface area contributed by atoms with Gasteiger partial charge >= 0.3 is 0 Å². The third-order valence-electron chi connectivity index (χ3n) is 10.1. The monoisotopic (exact) mass is 869 g/mol. The molecule has 5 heterocycles. The summed E-state index contributed by atoms with van der Waals surface area (Å²) in [5, 5.41) is 30.7. The molecule has 2 saturated heterocycles. The fourth-order valence-corrected chi connectivity index (χ4v) is 10.6. The van der Waals surface area contributed by atoms with Gasteiger partial charge in [-0.05, 0) is 97.8 Å². The Bertz CT molecular complexity index is 2520. The Labute approximate surface area is 343 Å². The number of thiazole rings is 2. The zero-order valence-corrected chi connectivity index (χ0v) is 34.4. The van der Waals surface area contributed by atoms with Crippen LogP contribution in [-0.4, -0.2) is 78.6 Å². The molecule has 2 aliphatic rings. The van der Waals surface area contributed by atoms with E-state index in [-0.39, 0.29) is 22.2 Å². The highest BCUT2D eigenvalue weighted by Crippen LogP contribution is 2.34. The smallest absolute Gasteiger partial charge is 0.263 e. The summed E-state index contributed by atoms with van der Waals surface area (Å²) in [6, 6.07) is 20.1. The lowest BCUT2D eigenvalue weighted by molar-refractivity contribution is -0.136. The average Bonchev–Trinajstić information content (AvgIpc) is 3.99. The number of nitrogens with zero attached hydrogens (tertiary/aromatic N) is 4. The van der Waals surface area contributed by atoms with Crippen LogP contribution in [0.5, 0.6) is 0 Å². The predicted molar refractivity (Wildman–Crippen MR) is 221 cm³/mol. The number of nitrogens with one attached hydrogen (secondary N) is 3. The van der Waals surface area contributed by atoms with E-state index in [1.807, 2.05) is 35.0 Å². The molecule has 0 saturated carbocycles. The molecule has 57 heavy (non-hydrogen) atoms. The molecule has 0 spiro atoms. The number of carbonyl (C=O) groups is 1. The van der Waals surface area contributed by atoms with Crippen molar-refractivity contribution in [2.45, 2.75) is 53.2 Å². The molecule has 0 atom stereocenters. The summed E-state index contributed by atoms with van der Waals surface area (Å²) < 4.78 is 56.4. The lowest BCUT2D eigenvalue weighted by Gasteiger charge is -2.38. The van der Waals surface area contributed by atoms with Crippen molar-refractivity contribution in [1.29, 1.82) is 0 Å². The first-order valence-corrected chi connectivity index (χ1v) is 23.1. The van der Waals surface area contributed by atoms with E-state index in [2.05, 4.69) is 24.7 Å². The highest BCUT2D eigenvalue weighted by atomic mass is 35.5. The molecule has 0 aliphatic carbocycles. The van der Waals surface area contributed by atoms with Gasteiger partial charge in [0.2, 0.25) is 5.91 Å². The summed E-state index contributed by atoms with van der Waals surface area (Å²) in [5.74, 6) is -0.0285. The van der Waals surface area contributed by atoms with Gasteiger partial charge in [-0.25, -0.2) is 26.8 Å². The highest BCUT2D eigenvalue weighted by Gasteiger charge is 2.36. The van der Waals surface area contributed by atoms with Crippen molar-refractivity contribution in [2.24, 2.45) is 0 Å². The third kappa shape index (κ3) is 9.50. The molecule has 5 N–H and O–H groups in total. The molecule has 0 radical (unpaired) electrons. The van der Waals surface area contributed by atoms with E-state index in [9.17, 15) is 31.8 Å². The second kappa shape index (κ2) is 16.8. The second-order valence-electron chi connectivity index (χ2n) is 13.8. The summed E-state index contributed by atoms with van der Waals surface area (Å²) >= 11 is 8.53. The molecule has 0 bridgehead atoms. The Kier molecular flexibility index (Phi) is 12.0. The van der Waals surface area contributed by atoms with Gasteiger partial charge in [0.05, 0.1) is 21.0 Å². The van der Waals surface area contributed by atoms with Gasteiger partial charge in [-0.3, -0.25) is 14.2 Å². The fourth-order valence-electron chi connectivity index (χ4n) is 6.87. The minimum Gasteiger partial charge on any atom is -0.385 e. The van der Waals surface area contributed by atoms with Crippen molar-refractivity contribution in [1.82, 2.24) is 24.8 Å². The summed E-state index contributed by atoms with van der Waals surface area (Å²) in [5.41, 5.74) is 0.274. The zero-order valence-electron chi connectivity index (χ0n) is 30.4. The topological polar surface area (TPSA) is 196 Å². The molecular formula is C38H40ClN7O7S4. The Morgan fingerprint density at radius 2 is 1.26 bits per heavy atom. The predicted octanol–water partition coefficient (Wildman–Crippen LogP) is 5.58. The Morgan fingerprint density at radius 3 is 1.75 bits per heavy atom. The molecule has 6 aromatic rings. The fraction of sp³-hybridized carbons (Fsp3) is 0.289. The molecule has 3 aromatic carbocycles. The molecular weight excluding hydrogens is 830 g/mol. The summed E-state index contributed by atoms with van der Waals surface area (Å²) in [4.78, 5) is 22.8. The minimum absolute atomic E-state index is 0.0285. The number of likely N-dealkylation sites (tertiary alicyclic amines) is 1. The molecule has 3 aromatic heterocycles. The molecule has 1 amide bonds. The molecule has 19 heteroatoms. The van der Waals surface area contributed by atoms with E-state index >= 15 is 0 Å². The molecule has 2 fully saturated rings. The number of hydrogen-bond donors (Lipinski definition) is 5. The number of halogens is 1.